The van der Waals surface area contributed by atoms with Gasteiger partial charge in [0.25, 0.3) is 11.1 Å². The first kappa shape index (κ1) is 22.9. The Labute approximate surface area is 192 Å². The fraction of sp³-hybridized carbons (Fsp3) is 0.227. The Morgan fingerprint density at radius 3 is 2.58 bits per heavy atom. The average molecular weight is 505 g/mol. The predicted molar refractivity (Wildman–Crippen MR) is 124 cm³/mol. The van der Waals surface area contributed by atoms with Crippen LogP contribution in [0.3, 0.4) is 0 Å². The van der Waals surface area contributed by atoms with Crippen LogP contribution in [0.15, 0.2) is 45.8 Å². The summed E-state index contributed by atoms with van der Waals surface area (Å²) in [6, 6.07) is 10.6. The number of imide groups is 1. The normalized spacial score (nSPS) is 14.9. The van der Waals surface area contributed by atoms with Gasteiger partial charge in [0.05, 0.1) is 16.0 Å². The summed E-state index contributed by atoms with van der Waals surface area (Å²) in [5, 5.41) is 12.2. The number of carbonyl (C=O) groups excluding carboxylic acids is 3. The summed E-state index contributed by atoms with van der Waals surface area (Å²) in [6.07, 6.45) is 2.42. The second kappa shape index (κ2) is 10.0. The summed E-state index contributed by atoms with van der Waals surface area (Å²) in [5.41, 5.74) is 2.31. The molecule has 2 aromatic carbocycles. The van der Waals surface area contributed by atoms with E-state index in [4.69, 9.17) is 4.74 Å². The van der Waals surface area contributed by atoms with Gasteiger partial charge >= 0.3 is 0 Å². The van der Waals surface area contributed by atoms with Crippen molar-refractivity contribution in [3.05, 3.63) is 56.9 Å². The lowest BCUT2D eigenvalue weighted by molar-refractivity contribution is -0.127. The number of halogens is 1. The van der Waals surface area contributed by atoms with Gasteiger partial charge in [-0.1, -0.05) is 19.1 Å². The summed E-state index contributed by atoms with van der Waals surface area (Å²) in [4.78, 5) is 38.5. The van der Waals surface area contributed by atoms with Gasteiger partial charge in [0.15, 0.2) is 11.5 Å². The molecule has 1 heterocycles. The number of thioether (sulfide) groups is 1. The van der Waals surface area contributed by atoms with Crippen LogP contribution >= 0.6 is 27.7 Å². The molecule has 0 atom stereocenters. The summed E-state index contributed by atoms with van der Waals surface area (Å²) < 4.78 is 5.78. The largest absolute Gasteiger partial charge is 0.503 e. The van der Waals surface area contributed by atoms with Crippen LogP contribution in [0.5, 0.6) is 11.5 Å². The lowest BCUT2D eigenvalue weighted by atomic mass is 10.1. The summed E-state index contributed by atoms with van der Waals surface area (Å²) in [7, 11) is 0. The Morgan fingerprint density at radius 1 is 1.23 bits per heavy atom. The van der Waals surface area contributed by atoms with Gasteiger partial charge in [0.2, 0.25) is 5.91 Å². The standard InChI is InChI=1S/C22H21BrN2O5S/c1-3-13-5-7-15(8-6-13)24-19(26)12-25-21(28)18(31-22(25)29)11-14-9-16(23)20(27)17(10-14)30-4-2/h5-11,27H,3-4,12H2,1-2H3,(H,24,26)/b18-11+. The van der Waals surface area contributed by atoms with Gasteiger partial charge in [0.1, 0.15) is 6.54 Å². The third-order valence-electron chi connectivity index (χ3n) is 4.47. The maximum Gasteiger partial charge on any atom is 0.294 e. The molecule has 162 valence electrons. The minimum Gasteiger partial charge on any atom is -0.503 e. The van der Waals surface area contributed by atoms with E-state index in [9.17, 15) is 19.5 Å². The van der Waals surface area contributed by atoms with E-state index in [-0.39, 0.29) is 22.9 Å². The minimum absolute atomic E-state index is 0.0456. The van der Waals surface area contributed by atoms with Crippen LogP contribution in [0.2, 0.25) is 0 Å². The Bertz CT molecular complexity index is 1050. The number of nitrogens with zero attached hydrogens (tertiary/aromatic N) is 1. The van der Waals surface area contributed by atoms with Crippen molar-refractivity contribution in [1.82, 2.24) is 4.90 Å². The van der Waals surface area contributed by atoms with Gasteiger partial charge in [-0.15, -0.1) is 0 Å². The van der Waals surface area contributed by atoms with Crippen molar-refractivity contribution in [2.24, 2.45) is 0 Å². The number of aryl methyl sites for hydroxylation is 1. The molecule has 9 heteroatoms. The van der Waals surface area contributed by atoms with E-state index in [2.05, 4.69) is 21.2 Å². The molecule has 3 rings (SSSR count). The lowest BCUT2D eigenvalue weighted by Crippen LogP contribution is -2.36. The lowest BCUT2D eigenvalue weighted by Gasteiger charge is -2.12. The van der Waals surface area contributed by atoms with Crippen LogP contribution in [0, 0.1) is 0 Å². The molecule has 0 saturated carbocycles. The molecule has 0 bridgehead atoms. The highest BCUT2D eigenvalue weighted by atomic mass is 79.9. The van der Waals surface area contributed by atoms with Crippen LogP contribution in [0.4, 0.5) is 10.5 Å². The van der Waals surface area contributed by atoms with Crippen LogP contribution in [0.1, 0.15) is 25.0 Å². The first-order valence-corrected chi connectivity index (χ1v) is 11.2. The van der Waals surface area contributed by atoms with E-state index >= 15 is 0 Å². The second-order valence-electron chi connectivity index (χ2n) is 6.65. The Morgan fingerprint density at radius 2 is 1.94 bits per heavy atom. The first-order chi connectivity index (χ1) is 14.8. The van der Waals surface area contributed by atoms with Gasteiger partial charge in [0, 0.05) is 5.69 Å². The van der Waals surface area contributed by atoms with Gasteiger partial charge < -0.3 is 15.2 Å². The highest BCUT2D eigenvalue weighted by Crippen LogP contribution is 2.38. The monoisotopic (exact) mass is 504 g/mol. The number of hydrogen-bond acceptors (Lipinski definition) is 6. The number of ether oxygens (including phenoxy) is 1. The molecule has 0 aliphatic carbocycles. The zero-order valence-electron chi connectivity index (χ0n) is 17.0. The zero-order valence-corrected chi connectivity index (χ0v) is 19.4. The molecule has 7 nitrogen and oxygen atoms in total. The molecule has 0 unspecified atom stereocenters. The Kier molecular flexibility index (Phi) is 7.40. The van der Waals surface area contributed by atoms with E-state index in [0.717, 1.165) is 28.6 Å². The molecule has 1 saturated heterocycles. The number of anilines is 1. The van der Waals surface area contributed by atoms with Crippen molar-refractivity contribution < 1.29 is 24.2 Å². The van der Waals surface area contributed by atoms with E-state index < -0.39 is 17.1 Å². The maximum atomic E-state index is 12.7. The quantitative estimate of drug-likeness (QED) is 0.526. The molecule has 0 radical (unpaired) electrons. The molecule has 2 aromatic rings. The number of phenols is 1. The van der Waals surface area contributed by atoms with Crippen LogP contribution in [-0.4, -0.2) is 40.2 Å². The minimum atomic E-state index is -0.548. The summed E-state index contributed by atoms with van der Waals surface area (Å²) in [6.45, 7) is 3.81. The number of phenolic OH excluding ortho intramolecular Hbond substituents is 1. The Hall–Kier alpha value is -2.78. The molecular weight excluding hydrogens is 484 g/mol. The topological polar surface area (TPSA) is 95.9 Å². The zero-order chi connectivity index (χ0) is 22.5. The van der Waals surface area contributed by atoms with E-state index in [1.807, 2.05) is 19.1 Å². The summed E-state index contributed by atoms with van der Waals surface area (Å²) >= 11 is 4.01. The maximum absolute atomic E-state index is 12.7. The molecule has 2 N–H and O–H groups in total. The number of nitrogens with one attached hydrogen (secondary N) is 1. The molecule has 31 heavy (non-hydrogen) atoms. The highest BCUT2D eigenvalue weighted by molar-refractivity contribution is 9.10. The number of amides is 3. The molecule has 0 spiro atoms. The molecule has 1 fully saturated rings. The average Bonchev–Trinajstić information content (AvgIpc) is 2.99. The number of rotatable bonds is 7. The van der Waals surface area contributed by atoms with Crippen molar-refractivity contribution in [3.8, 4) is 11.5 Å². The summed E-state index contributed by atoms with van der Waals surface area (Å²) in [5.74, 6) is -0.793. The van der Waals surface area contributed by atoms with Crippen LogP contribution in [0.25, 0.3) is 6.08 Å². The number of hydrogen-bond donors (Lipinski definition) is 2. The third-order valence-corrected chi connectivity index (χ3v) is 5.98. The molecular formula is C22H21BrN2O5S. The van der Waals surface area contributed by atoms with Crippen molar-refractivity contribution in [1.29, 1.82) is 0 Å². The van der Waals surface area contributed by atoms with Crippen molar-refractivity contribution >= 4 is 56.5 Å². The van der Waals surface area contributed by atoms with Gasteiger partial charge in [-0.3, -0.25) is 19.3 Å². The van der Waals surface area contributed by atoms with Crippen LogP contribution < -0.4 is 10.1 Å². The van der Waals surface area contributed by atoms with Crippen molar-refractivity contribution in [2.45, 2.75) is 20.3 Å². The Balaban J connectivity index is 1.72. The molecule has 1 aliphatic rings. The number of aromatic hydroxyl groups is 1. The second-order valence-corrected chi connectivity index (χ2v) is 8.50. The fourth-order valence-electron chi connectivity index (χ4n) is 2.90. The fourth-order valence-corrected chi connectivity index (χ4v) is 4.20. The molecule has 1 aliphatic heterocycles. The van der Waals surface area contributed by atoms with E-state index in [1.54, 1.807) is 31.2 Å². The van der Waals surface area contributed by atoms with Gasteiger partial charge in [-0.25, -0.2) is 0 Å². The van der Waals surface area contributed by atoms with Crippen LogP contribution in [-0.2, 0) is 16.0 Å². The van der Waals surface area contributed by atoms with E-state index in [1.165, 1.54) is 6.08 Å². The van der Waals surface area contributed by atoms with Gasteiger partial charge in [-0.05, 0) is 82.5 Å². The first-order valence-electron chi connectivity index (χ1n) is 9.61. The van der Waals surface area contributed by atoms with Crippen molar-refractivity contribution in [3.63, 3.8) is 0 Å². The number of carbonyl (C=O) groups is 3. The molecule has 3 amide bonds. The van der Waals surface area contributed by atoms with Crippen molar-refractivity contribution in [2.75, 3.05) is 18.5 Å². The SMILES string of the molecule is CCOc1cc(/C=C2/SC(=O)N(CC(=O)Nc3ccc(CC)cc3)C2=O)cc(Br)c1O. The van der Waals surface area contributed by atoms with Gasteiger partial charge in [-0.2, -0.15) is 0 Å². The highest BCUT2D eigenvalue weighted by Gasteiger charge is 2.36. The smallest absolute Gasteiger partial charge is 0.294 e. The number of benzene rings is 2. The third kappa shape index (κ3) is 5.48. The molecule has 0 aromatic heterocycles. The van der Waals surface area contributed by atoms with E-state index in [0.29, 0.717) is 22.3 Å². The predicted octanol–water partition coefficient (Wildman–Crippen LogP) is 4.79.